The van der Waals surface area contributed by atoms with E-state index >= 15 is 0 Å². The molecule has 3 atom stereocenters. The van der Waals surface area contributed by atoms with Gasteiger partial charge in [-0.15, -0.1) is 11.3 Å². The van der Waals surface area contributed by atoms with E-state index in [1.165, 1.54) is 24.0 Å². The second kappa shape index (κ2) is 8.01. The maximum absolute atomic E-state index is 12.7. The molecule has 5 heteroatoms. The number of fused-ring (bicyclic) bond motifs is 3. The molecule has 1 saturated heterocycles. The number of piperidine rings is 1. The summed E-state index contributed by atoms with van der Waals surface area (Å²) in [5.74, 6) is 0.460. The number of rotatable bonds is 4. The molecule has 0 saturated carbocycles. The van der Waals surface area contributed by atoms with Gasteiger partial charge in [0.15, 0.2) is 0 Å². The number of benzene rings is 2. The summed E-state index contributed by atoms with van der Waals surface area (Å²) in [6.45, 7) is 1.60. The van der Waals surface area contributed by atoms with Crippen LogP contribution in [0.3, 0.4) is 0 Å². The van der Waals surface area contributed by atoms with E-state index in [1.54, 1.807) is 11.3 Å². The summed E-state index contributed by atoms with van der Waals surface area (Å²) in [6, 6.07) is 21.4. The van der Waals surface area contributed by atoms with Crippen LogP contribution in [0.1, 0.15) is 51.3 Å². The molecule has 1 fully saturated rings. The van der Waals surface area contributed by atoms with Gasteiger partial charge in [0.1, 0.15) is 0 Å². The van der Waals surface area contributed by atoms with Gasteiger partial charge in [0.05, 0.1) is 12.6 Å². The van der Waals surface area contributed by atoms with Crippen LogP contribution in [0.15, 0.2) is 66.0 Å². The van der Waals surface area contributed by atoms with Crippen LogP contribution < -0.4 is 16.0 Å². The fourth-order valence-corrected chi connectivity index (χ4v) is 5.30. The number of carbonyl (C=O) groups excluding carboxylic acids is 1. The number of hydrogen-bond donors (Lipinski definition) is 3. The van der Waals surface area contributed by atoms with Gasteiger partial charge in [-0.25, -0.2) is 0 Å². The minimum Gasteiger partial charge on any atom is -0.378 e. The molecule has 0 radical (unpaired) electrons. The Morgan fingerprint density at radius 1 is 1.07 bits per heavy atom. The lowest BCUT2D eigenvalue weighted by atomic mass is 9.75. The quantitative estimate of drug-likeness (QED) is 0.582. The molecule has 2 aliphatic heterocycles. The molecule has 148 valence electrons. The molecular formula is C24H25N3OS. The van der Waals surface area contributed by atoms with Crippen molar-refractivity contribution in [1.29, 1.82) is 0 Å². The van der Waals surface area contributed by atoms with Gasteiger partial charge < -0.3 is 16.0 Å². The summed E-state index contributed by atoms with van der Waals surface area (Å²) >= 11 is 1.66. The molecule has 1 amide bonds. The van der Waals surface area contributed by atoms with Crippen LogP contribution in [0.4, 0.5) is 5.69 Å². The van der Waals surface area contributed by atoms with Crippen molar-refractivity contribution in [2.75, 3.05) is 11.9 Å². The highest BCUT2D eigenvalue weighted by atomic mass is 32.1. The zero-order valence-corrected chi connectivity index (χ0v) is 17.0. The van der Waals surface area contributed by atoms with Crippen molar-refractivity contribution in [3.05, 3.63) is 87.6 Å². The monoisotopic (exact) mass is 403 g/mol. The first-order chi connectivity index (χ1) is 14.3. The highest BCUT2D eigenvalue weighted by Crippen LogP contribution is 2.46. The number of hydrogen-bond acceptors (Lipinski definition) is 4. The summed E-state index contributed by atoms with van der Waals surface area (Å²) in [7, 11) is 0. The van der Waals surface area contributed by atoms with Crippen molar-refractivity contribution < 1.29 is 4.79 Å². The van der Waals surface area contributed by atoms with Gasteiger partial charge in [-0.05, 0) is 60.2 Å². The zero-order valence-electron chi connectivity index (χ0n) is 16.2. The molecule has 2 aromatic carbocycles. The van der Waals surface area contributed by atoms with E-state index in [0.29, 0.717) is 18.5 Å². The Morgan fingerprint density at radius 2 is 1.97 bits per heavy atom. The summed E-state index contributed by atoms with van der Waals surface area (Å²) in [4.78, 5) is 13.9. The van der Waals surface area contributed by atoms with Crippen LogP contribution in [0.2, 0.25) is 0 Å². The predicted octanol–water partition coefficient (Wildman–Crippen LogP) is 4.89. The van der Waals surface area contributed by atoms with Gasteiger partial charge in [0.25, 0.3) is 5.91 Å². The first kappa shape index (κ1) is 18.4. The highest BCUT2D eigenvalue weighted by molar-refractivity contribution is 7.09. The Balaban J connectivity index is 1.42. The zero-order chi connectivity index (χ0) is 19.6. The maximum atomic E-state index is 12.7. The standard InChI is InChI=1S/C24H25N3OS/c28-24(26-15-18-8-5-13-29-18)17-10-11-21-20(14-17)23-19(9-4-12-25-23)22(27-21)16-6-2-1-3-7-16/h1-3,5-8,10-11,13-14,19,22-23,25,27H,4,9,12,15H2,(H,26,28). The molecular weight excluding hydrogens is 378 g/mol. The third kappa shape index (κ3) is 3.68. The lowest BCUT2D eigenvalue weighted by molar-refractivity contribution is 0.0951. The van der Waals surface area contributed by atoms with Crippen molar-refractivity contribution in [1.82, 2.24) is 10.6 Å². The Bertz CT molecular complexity index is 987. The average molecular weight is 404 g/mol. The molecule has 3 unspecified atom stereocenters. The van der Waals surface area contributed by atoms with Crippen LogP contribution in [-0.4, -0.2) is 12.5 Å². The first-order valence-corrected chi connectivity index (χ1v) is 11.2. The largest absolute Gasteiger partial charge is 0.378 e. The van der Waals surface area contributed by atoms with E-state index in [9.17, 15) is 4.79 Å². The minimum atomic E-state index is -0.0151. The van der Waals surface area contributed by atoms with E-state index in [0.717, 1.165) is 22.7 Å². The van der Waals surface area contributed by atoms with Gasteiger partial charge >= 0.3 is 0 Å². The van der Waals surface area contributed by atoms with Crippen LogP contribution in [0.25, 0.3) is 0 Å². The van der Waals surface area contributed by atoms with Gasteiger partial charge in [0.2, 0.25) is 0 Å². The number of nitrogens with one attached hydrogen (secondary N) is 3. The van der Waals surface area contributed by atoms with Crippen molar-refractivity contribution >= 4 is 22.9 Å². The number of thiophene rings is 1. The fourth-order valence-electron chi connectivity index (χ4n) is 4.65. The fraction of sp³-hybridized carbons (Fsp3) is 0.292. The van der Waals surface area contributed by atoms with Crippen molar-refractivity contribution in [2.24, 2.45) is 5.92 Å². The normalized spacial score (nSPS) is 22.8. The third-order valence-electron chi connectivity index (χ3n) is 6.06. The van der Waals surface area contributed by atoms with Crippen molar-refractivity contribution in [3.63, 3.8) is 0 Å². The Labute approximate surface area is 175 Å². The van der Waals surface area contributed by atoms with E-state index in [4.69, 9.17) is 0 Å². The molecule has 1 aromatic heterocycles. The SMILES string of the molecule is O=C(NCc1cccs1)c1ccc2c(c1)C1NCCCC1C(c1ccccc1)N2. The second-order valence-corrected chi connectivity index (χ2v) is 8.87. The van der Waals surface area contributed by atoms with Gasteiger partial charge in [-0.1, -0.05) is 36.4 Å². The molecule has 0 aliphatic carbocycles. The lowest BCUT2D eigenvalue weighted by Gasteiger charge is -2.44. The average Bonchev–Trinajstić information content (AvgIpc) is 3.31. The Kier molecular flexibility index (Phi) is 5.08. The van der Waals surface area contributed by atoms with E-state index in [2.05, 4.69) is 58.4 Å². The van der Waals surface area contributed by atoms with Gasteiger partial charge in [0, 0.05) is 28.1 Å². The van der Waals surface area contributed by atoms with Crippen LogP contribution in [0, 0.1) is 5.92 Å². The summed E-state index contributed by atoms with van der Waals surface area (Å²) in [5, 5.41) is 12.6. The molecule has 5 rings (SSSR count). The minimum absolute atomic E-state index is 0.0151. The highest BCUT2D eigenvalue weighted by Gasteiger charge is 2.38. The molecule has 2 aliphatic rings. The van der Waals surface area contributed by atoms with E-state index < -0.39 is 0 Å². The summed E-state index contributed by atoms with van der Waals surface area (Å²) in [6.07, 6.45) is 2.36. The molecule has 3 N–H and O–H groups in total. The van der Waals surface area contributed by atoms with Gasteiger partial charge in [-0.3, -0.25) is 4.79 Å². The van der Waals surface area contributed by atoms with Gasteiger partial charge in [-0.2, -0.15) is 0 Å². The molecule has 0 bridgehead atoms. The van der Waals surface area contributed by atoms with Crippen LogP contribution >= 0.6 is 11.3 Å². The van der Waals surface area contributed by atoms with Crippen LogP contribution in [-0.2, 0) is 6.54 Å². The smallest absolute Gasteiger partial charge is 0.251 e. The molecule has 3 heterocycles. The van der Waals surface area contributed by atoms with E-state index in [-0.39, 0.29) is 11.9 Å². The van der Waals surface area contributed by atoms with E-state index in [1.807, 2.05) is 23.6 Å². The van der Waals surface area contributed by atoms with Crippen molar-refractivity contribution in [2.45, 2.75) is 31.5 Å². The third-order valence-corrected chi connectivity index (χ3v) is 6.93. The number of anilines is 1. The predicted molar refractivity (Wildman–Crippen MR) is 118 cm³/mol. The molecule has 4 nitrogen and oxygen atoms in total. The van der Waals surface area contributed by atoms with Crippen molar-refractivity contribution in [3.8, 4) is 0 Å². The Hall–Kier alpha value is -2.63. The van der Waals surface area contributed by atoms with Crippen LogP contribution in [0.5, 0.6) is 0 Å². The maximum Gasteiger partial charge on any atom is 0.251 e. The molecule has 3 aromatic rings. The first-order valence-electron chi connectivity index (χ1n) is 10.3. The lowest BCUT2D eigenvalue weighted by Crippen LogP contribution is -2.42. The second-order valence-electron chi connectivity index (χ2n) is 7.83. The summed E-state index contributed by atoms with van der Waals surface area (Å²) in [5.41, 5.74) is 4.40. The number of amides is 1. The topological polar surface area (TPSA) is 53.2 Å². The molecule has 0 spiro atoms. The summed E-state index contributed by atoms with van der Waals surface area (Å²) < 4.78 is 0. The number of carbonyl (C=O) groups is 1. The Morgan fingerprint density at radius 3 is 2.79 bits per heavy atom. The molecule has 29 heavy (non-hydrogen) atoms.